The number of rotatable bonds is 1. The highest BCUT2D eigenvalue weighted by atomic mass is 19.1. The van der Waals surface area contributed by atoms with Gasteiger partial charge in [-0.1, -0.05) is 12.1 Å². The van der Waals surface area contributed by atoms with E-state index in [9.17, 15) is 14.0 Å². The molecular weight excluding hydrogens is 209 g/mol. The molecule has 1 saturated heterocycles. The lowest BCUT2D eigenvalue weighted by Crippen LogP contribution is -2.25. The zero-order valence-corrected chi connectivity index (χ0v) is 9.16. The molecule has 1 aromatic rings. The predicted octanol–water partition coefficient (Wildman–Crippen LogP) is 1.61. The van der Waals surface area contributed by atoms with E-state index in [-0.39, 0.29) is 18.2 Å². The summed E-state index contributed by atoms with van der Waals surface area (Å²) in [7, 11) is 1.43. The van der Waals surface area contributed by atoms with Gasteiger partial charge in [0.2, 0.25) is 11.8 Å². The van der Waals surface area contributed by atoms with Crippen molar-refractivity contribution >= 4 is 11.8 Å². The van der Waals surface area contributed by atoms with Crippen LogP contribution < -0.4 is 0 Å². The molecule has 0 radical (unpaired) electrons. The summed E-state index contributed by atoms with van der Waals surface area (Å²) in [5, 5.41) is 0. The van der Waals surface area contributed by atoms with E-state index in [2.05, 4.69) is 0 Å². The second-order valence-corrected chi connectivity index (χ2v) is 4.07. The topological polar surface area (TPSA) is 37.4 Å². The molecule has 2 rings (SSSR count). The number of likely N-dealkylation sites (tertiary alicyclic amines) is 1. The summed E-state index contributed by atoms with van der Waals surface area (Å²) in [5.74, 6) is -1.65. The third-order valence-corrected chi connectivity index (χ3v) is 2.91. The summed E-state index contributed by atoms with van der Waals surface area (Å²) in [4.78, 5) is 24.1. The molecule has 1 aliphatic heterocycles. The lowest BCUT2D eigenvalue weighted by atomic mass is 9.96. The van der Waals surface area contributed by atoms with Gasteiger partial charge in [0.25, 0.3) is 0 Å². The van der Waals surface area contributed by atoms with Gasteiger partial charge in [-0.25, -0.2) is 4.39 Å². The minimum Gasteiger partial charge on any atom is -0.285 e. The normalized spacial score (nSPS) is 20.7. The van der Waals surface area contributed by atoms with E-state index in [1.54, 1.807) is 19.1 Å². The number of carbonyl (C=O) groups is 2. The van der Waals surface area contributed by atoms with Crippen molar-refractivity contribution in [2.75, 3.05) is 7.05 Å². The smallest absolute Gasteiger partial charge is 0.237 e. The van der Waals surface area contributed by atoms with E-state index >= 15 is 0 Å². The Kier molecular flexibility index (Phi) is 2.50. The van der Waals surface area contributed by atoms with Gasteiger partial charge >= 0.3 is 0 Å². The largest absolute Gasteiger partial charge is 0.285 e. The van der Waals surface area contributed by atoms with Crippen LogP contribution in [0, 0.1) is 12.7 Å². The molecule has 1 aromatic carbocycles. The van der Waals surface area contributed by atoms with E-state index in [0.29, 0.717) is 5.56 Å². The van der Waals surface area contributed by atoms with Crippen LogP contribution in [0.25, 0.3) is 0 Å². The Hall–Kier alpha value is -1.71. The first kappa shape index (κ1) is 10.8. The molecule has 84 valence electrons. The van der Waals surface area contributed by atoms with Gasteiger partial charge in [0.1, 0.15) is 5.82 Å². The fourth-order valence-corrected chi connectivity index (χ4v) is 1.91. The van der Waals surface area contributed by atoms with Crippen molar-refractivity contribution in [3.05, 3.63) is 35.1 Å². The number of halogens is 1. The number of nitrogens with zero attached hydrogens (tertiary/aromatic N) is 1. The molecule has 16 heavy (non-hydrogen) atoms. The molecule has 0 bridgehead atoms. The maximum absolute atomic E-state index is 13.6. The monoisotopic (exact) mass is 221 g/mol. The van der Waals surface area contributed by atoms with Crippen LogP contribution in [0.2, 0.25) is 0 Å². The van der Waals surface area contributed by atoms with Crippen molar-refractivity contribution in [3.8, 4) is 0 Å². The van der Waals surface area contributed by atoms with E-state index in [1.165, 1.54) is 13.1 Å². The van der Waals surface area contributed by atoms with Crippen LogP contribution >= 0.6 is 0 Å². The molecule has 0 saturated carbocycles. The first-order valence-electron chi connectivity index (χ1n) is 5.07. The van der Waals surface area contributed by atoms with Gasteiger partial charge in [-0.3, -0.25) is 14.5 Å². The third-order valence-electron chi connectivity index (χ3n) is 2.91. The predicted molar refractivity (Wildman–Crippen MR) is 56.3 cm³/mol. The van der Waals surface area contributed by atoms with Crippen LogP contribution in [0.15, 0.2) is 18.2 Å². The number of aryl methyl sites for hydroxylation is 1. The first-order chi connectivity index (χ1) is 7.50. The van der Waals surface area contributed by atoms with Crippen LogP contribution in [0.4, 0.5) is 4.39 Å². The molecule has 1 atom stereocenters. The third kappa shape index (κ3) is 1.60. The molecule has 1 heterocycles. The highest BCUT2D eigenvalue weighted by molar-refractivity contribution is 6.05. The van der Waals surface area contributed by atoms with E-state index in [4.69, 9.17) is 0 Å². The van der Waals surface area contributed by atoms with E-state index < -0.39 is 11.7 Å². The zero-order valence-electron chi connectivity index (χ0n) is 9.16. The Morgan fingerprint density at radius 2 is 2.06 bits per heavy atom. The Bertz CT molecular complexity index is 470. The summed E-state index contributed by atoms with van der Waals surface area (Å²) >= 11 is 0. The van der Waals surface area contributed by atoms with Gasteiger partial charge in [0.15, 0.2) is 0 Å². The number of carbonyl (C=O) groups excluding carboxylic acids is 2. The molecule has 1 unspecified atom stereocenters. The number of likely N-dealkylation sites (N-methyl/N-ethyl adjacent to an activating group) is 1. The summed E-state index contributed by atoms with van der Waals surface area (Å²) in [5.41, 5.74) is 1.11. The van der Waals surface area contributed by atoms with Crippen molar-refractivity contribution in [1.29, 1.82) is 0 Å². The number of imide groups is 1. The lowest BCUT2D eigenvalue weighted by molar-refractivity contribution is -0.137. The van der Waals surface area contributed by atoms with Crippen LogP contribution in [0.3, 0.4) is 0 Å². The fraction of sp³-hybridized carbons (Fsp3) is 0.333. The Morgan fingerprint density at radius 1 is 1.38 bits per heavy atom. The molecule has 0 aliphatic carbocycles. The van der Waals surface area contributed by atoms with Gasteiger partial charge in [-0.15, -0.1) is 0 Å². The van der Waals surface area contributed by atoms with E-state index in [1.807, 2.05) is 0 Å². The standard InChI is InChI=1S/C12H12FNO2/c1-7-3-4-8(10(13)5-7)9-6-11(15)14(2)12(9)16/h3-5,9H,6H2,1-2H3. The maximum atomic E-state index is 13.6. The Labute approximate surface area is 92.9 Å². The molecule has 3 nitrogen and oxygen atoms in total. The second kappa shape index (κ2) is 3.70. The molecule has 0 aromatic heterocycles. The highest BCUT2D eigenvalue weighted by Crippen LogP contribution is 2.30. The summed E-state index contributed by atoms with van der Waals surface area (Å²) < 4.78 is 13.6. The average molecular weight is 221 g/mol. The SMILES string of the molecule is Cc1ccc(C2CC(=O)N(C)C2=O)c(F)c1. The second-order valence-electron chi connectivity index (χ2n) is 4.07. The van der Waals surface area contributed by atoms with Gasteiger partial charge in [0.05, 0.1) is 5.92 Å². The molecule has 0 spiro atoms. The first-order valence-corrected chi connectivity index (χ1v) is 5.07. The van der Waals surface area contributed by atoms with Gasteiger partial charge in [-0.2, -0.15) is 0 Å². The zero-order chi connectivity index (χ0) is 11.9. The summed E-state index contributed by atoms with van der Waals surface area (Å²) in [6, 6.07) is 4.71. The van der Waals surface area contributed by atoms with Crippen LogP contribution in [0.1, 0.15) is 23.5 Å². The van der Waals surface area contributed by atoms with E-state index in [0.717, 1.165) is 10.5 Å². The van der Waals surface area contributed by atoms with Crippen molar-refractivity contribution in [2.45, 2.75) is 19.3 Å². The molecular formula is C12H12FNO2. The van der Waals surface area contributed by atoms with Crippen LogP contribution in [0.5, 0.6) is 0 Å². The number of hydrogen-bond acceptors (Lipinski definition) is 2. The molecule has 1 fully saturated rings. The summed E-state index contributed by atoms with van der Waals surface area (Å²) in [6.45, 7) is 1.78. The Morgan fingerprint density at radius 3 is 2.56 bits per heavy atom. The van der Waals surface area contributed by atoms with Crippen LogP contribution in [-0.4, -0.2) is 23.8 Å². The summed E-state index contributed by atoms with van der Waals surface area (Å²) in [6.07, 6.45) is 0.0648. The highest BCUT2D eigenvalue weighted by Gasteiger charge is 2.38. The number of amides is 2. The molecule has 4 heteroatoms. The molecule has 2 amide bonds. The van der Waals surface area contributed by atoms with Crippen molar-refractivity contribution in [3.63, 3.8) is 0 Å². The number of benzene rings is 1. The minimum absolute atomic E-state index is 0.0648. The maximum Gasteiger partial charge on any atom is 0.237 e. The fourth-order valence-electron chi connectivity index (χ4n) is 1.91. The van der Waals surface area contributed by atoms with Crippen molar-refractivity contribution in [1.82, 2.24) is 4.90 Å². The quantitative estimate of drug-likeness (QED) is 0.675. The van der Waals surface area contributed by atoms with Crippen LogP contribution in [-0.2, 0) is 9.59 Å². The van der Waals surface area contributed by atoms with Crippen molar-refractivity contribution in [2.24, 2.45) is 0 Å². The van der Waals surface area contributed by atoms with Gasteiger partial charge < -0.3 is 0 Å². The van der Waals surface area contributed by atoms with Gasteiger partial charge in [0, 0.05) is 19.0 Å². The van der Waals surface area contributed by atoms with Gasteiger partial charge in [-0.05, 0) is 18.6 Å². The number of hydrogen-bond donors (Lipinski definition) is 0. The lowest BCUT2D eigenvalue weighted by Gasteiger charge is -2.10. The molecule has 0 N–H and O–H groups in total. The Balaban J connectivity index is 2.39. The minimum atomic E-state index is -0.655. The average Bonchev–Trinajstić information content (AvgIpc) is 2.46. The molecule has 1 aliphatic rings. The van der Waals surface area contributed by atoms with Crippen molar-refractivity contribution < 1.29 is 14.0 Å².